The van der Waals surface area contributed by atoms with Crippen molar-refractivity contribution in [2.45, 2.75) is 45.8 Å². The highest BCUT2D eigenvalue weighted by atomic mass is 16.5. The summed E-state index contributed by atoms with van der Waals surface area (Å²) in [4.78, 5) is 29.5. The highest BCUT2D eigenvalue weighted by molar-refractivity contribution is 5.94. The normalized spacial score (nSPS) is 22.2. The monoisotopic (exact) mass is 518 g/mol. The van der Waals surface area contributed by atoms with E-state index in [9.17, 15) is 14.7 Å². The summed E-state index contributed by atoms with van der Waals surface area (Å²) in [7, 11) is 0. The van der Waals surface area contributed by atoms with Gasteiger partial charge >= 0.3 is 5.97 Å². The van der Waals surface area contributed by atoms with Gasteiger partial charge in [-0.1, -0.05) is 31.2 Å². The molecule has 1 saturated carbocycles. The summed E-state index contributed by atoms with van der Waals surface area (Å²) < 4.78 is 6.77. The quantitative estimate of drug-likeness (QED) is 0.557. The van der Waals surface area contributed by atoms with Gasteiger partial charge in [0, 0.05) is 44.0 Å². The van der Waals surface area contributed by atoms with E-state index in [0.29, 0.717) is 38.3 Å². The number of carbonyl (C=O) groups excluding carboxylic acids is 2. The minimum atomic E-state index is -0.675. The average Bonchev–Trinajstić information content (AvgIpc) is 3.66. The molecule has 10 nitrogen and oxygen atoms in total. The van der Waals surface area contributed by atoms with Gasteiger partial charge < -0.3 is 14.7 Å². The van der Waals surface area contributed by atoms with Gasteiger partial charge in [-0.25, -0.2) is 9.48 Å². The van der Waals surface area contributed by atoms with E-state index in [-0.39, 0.29) is 24.4 Å². The first-order valence-electron chi connectivity index (χ1n) is 13.2. The van der Waals surface area contributed by atoms with E-state index in [1.54, 1.807) is 17.1 Å². The Labute approximate surface area is 222 Å². The molecule has 0 spiro atoms. The molecule has 1 amide bonds. The number of carbonyl (C=O) groups is 2. The summed E-state index contributed by atoms with van der Waals surface area (Å²) in [5.74, 6) is -0.354. The van der Waals surface area contributed by atoms with E-state index in [2.05, 4.69) is 27.0 Å². The molecule has 3 heterocycles. The molecule has 2 aliphatic heterocycles. The van der Waals surface area contributed by atoms with E-state index in [1.807, 2.05) is 37.0 Å². The molecule has 1 aliphatic carbocycles. The van der Waals surface area contributed by atoms with Gasteiger partial charge in [-0.2, -0.15) is 0 Å². The van der Waals surface area contributed by atoms with Crippen LogP contribution in [0.4, 0.5) is 0 Å². The minimum Gasteiger partial charge on any atom is -0.457 e. The second-order valence-electron chi connectivity index (χ2n) is 10.1. The zero-order chi connectivity index (χ0) is 26.8. The van der Waals surface area contributed by atoms with Gasteiger partial charge in [0.25, 0.3) is 0 Å². The number of nitrogens with zero attached hydrogens (tertiary/aromatic N) is 6. The van der Waals surface area contributed by atoms with Crippen molar-refractivity contribution in [2.24, 2.45) is 5.92 Å². The molecule has 2 aromatic rings. The number of ether oxygens (including phenoxy) is 1. The number of hydrogen-bond acceptors (Lipinski definition) is 8. The maximum absolute atomic E-state index is 13.5. The maximum atomic E-state index is 13.5. The molecule has 2 fully saturated rings. The van der Waals surface area contributed by atoms with Crippen LogP contribution in [0.5, 0.6) is 0 Å². The number of allylic oxidation sites excluding steroid dienone is 4. The van der Waals surface area contributed by atoms with Crippen LogP contribution in [0.3, 0.4) is 0 Å². The first kappa shape index (κ1) is 26.0. The number of esters is 1. The largest absolute Gasteiger partial charge is 0.457 e. The number of aliphatic hydroxyl groups excluding tert-OH is 1. The standard InChI is InChI=1S/C28H34N6O4/c1-4-20(34-17-29-30-31-34)6-8-21-18(2)5-7-23(21)27(36)33-13-11-32(12-14-33)15-26(35)22-9-10-24-25(19(22)3)16-38-28(24)37/h6,8-10,17,23,26,35H,2,4-5,7,11-16H2,1,3H3. The summed E-state index contributed by atoms with van der Waals surface area (Å²) in [6.45, 7) is 11.5. The highest BCUT2D eigenvalue weighted by Gasteiger charge is 2.35. The van der Waals surface area contributed by atoms with Crippen LogP contribution in [-0.4, -0.2) is 79.7 Å². The Bertz CT molecular complexity index is 1290. The summed E-state index contributed by atoms with van der Waals surface area (Å²) in [6.07, 6.45) is 7.21. The second-order valence-corrected chi connectivity index (χ2v) is 10.1. The number of piperazine rings is 1. The van der Waals surface area contributed by atoms with E-state index >= 15 is 0 Å². The SMILES string of the molecule is C=C1CCC(C(=O)N2CCN(CC(O)c3ccc4c(c3C)COC4=O)CC2)C1=CC=C(CC)n1cnnn1. The van der Waals surface area contributed by atoms with Crippen LogP contribution in [-0.2, 0) is 16.1 Å². The van der Waals surface area contributed by atoms with Crippen molar-refractivity contribution in [1.29, 1.82) is 0 Å². The van der Waals surface area contributed by atoms with Gasteiger partial charge in [0.2, 0.25) is 5.91 Å². The van der Waals surface area contributed by atoms with Crippen LogP contribution < -0.4 is 0 Å². The number of aliphatic hydroxyl groups is 1. The number of rotatable bonds is 7. The topological polar surface area (TPSA) is 114 Å². The lowest BCUT2D eigenvalue weighted by Gasteiger charge is -2.37. The Hall–Kier alpha value is -3.63. The first-order chi connectivity index (χ1) is 18.4. The molecule has 2 atom stereocenters. The maximum Gasteiger partial charge on any atom is 0.338 e. The third-order valence-corrected chi connectivity index (χ3v) is 7.96. The molecule has 38 heavy (non-hydrogen) atoms. The molecule has 1 aromatic heterocycles. The van der Waals surface area contributed by atoms with Gasteiger partial charge in [-0.05, 0) is 65.5 Å². The number of fused-ring (bicyclic) bond motifs is 1. The fourth-order valence-corrected chi connectivity index (χ4v) is 5.63. The fraction of sp³-hybridized carbons (Fsp3) is 0.464. The molecule has 3 aliphatic rings. The lowest BCUT2D eigenvalue weighted by Crippen LogP contribution is -2.51. The van der Waals surface area contributed by atoms with Crippen molar-refractivity contribution in [1.82, 2.24) is 30.0 Å². The Balaban J connectivity index is 1.20. The van der Waals surface area contributed by atoms with Gasteiger partial charge in [0.15, 0.2) is 0 Å². The molecule has 5 rings (SSSR count). The van der Waals surface area contributed by atoms with E-state index in [0.717, 1.165) is 52.8 Å². The Morgan fingerprint density at radius 3 is 2.79 bits per heavy atom. The smallest absolute Gasteiger partial charge is 0.338 e. The molecule has 10 heteroatoms. The summed E-state index contributed by atoms with van der Waals surface area (Å²) >= 11 is 0. The van der Waals surface area contributed by atoms with E-state index in [1.165, 1.54) is 0 Å². The molecular weight excluding hydrogens is 484 g/mol. The van der Waals surface area contributed by atoms with Crippen LogP contribution in [0.25, 0.3) is 5.70 Å². The number of β-amino-alcohol motifs (C(OH)–C–C–N with tert-alkyl or cyclic N) is 1. The van der Waals surface area contributed by atoms with Crippen LogP contribution in [0.1, 0.15) is 59.3 Å². The van der Waals surface area contributed by atoms with Gasteiger partial charge in [-0.15, -0.1) is 5.10 Å². The summed E-state index contributed by atoms with van der Waals surface area (Å²) in [5.41, 5.74) is 6.12. The molecule has 0 bridgehead atoms. The molecule has 1 saturated heterocycles. The lowest BCUT2D eigenvalue weighted by molar-refractivity contribution is -0.136. The zero-order valence-corrected chi connectivity index (χ0v) is 22.0. The van der Waals surface area contributed by atoms with Crippen molar-refractivity contribution in [2.75, 3.05) is 32.7 Å². The van der Waals surface area contributed by atoms with Gasteiger partial charge in [-0.3, -0.25) is 9.69 Å². The highest BCUT2D eigenvalue weighted by Crippen LogP contribution is 2.37. The van der Waals surface area contributed by atoms with Crippen LogP contribution in [0.2, 0.25) is 0 Å². The average molecular weight is 519 g/mol. The van der Waals surface area contributed by atoms with Crippen LogP contribution in [0.15, 0.2) is 48.3 Å². The number of cyclic esters (lactones) is 1. The van der Waals surface area contributed by atoms with Crippen LogP contribution in [0, 0.1) is 12.8 Å². The van der Waals surface area contributed by atoms with Gasteiger partial charge in [0.1, 0.15) is 12.9 Å². The van der Waals surface area contributed by atoms with Crippen molar-refractivity contribution in [3.63, 3.8) is 0 Å². The van der Waals surface area contributed by atoms with Crippen molar-refractivity contribution >= 4 is 17.6 Å². The lowest BCUT2D eigenvalue weighted by atomic mass is 9.95. The number of tetrazole rings is 1. The number of amides is 1. The molecular formula is C28H34N6O4. The fourth-order valence-electron chi connectivity index (χ4n) is 5.63. The molecule has 2 unspecified atom stereocenters. The summed E-state index contributed by atoms with van der Waals surface area (Å²) in [5, 5.41) is 22.4. The molecule has 200 valence electrons. The number of benzene rings is 1. The van der Waals surface area contributed by atoms with Crippen LogP contribution >= 0.6 is 0 Å². The van der Waals surface area contributed by atoms with E-state index < -0.39 is 6.10 Å². The third-order valence-electron chi connectivity index (χ3n) is 7.96. The van der Waals surface area contributed by atoms with Gasteiger partial charge in [0.05, 0.1) is 17.6 Å². The predicted molar refractivity (Wildman–Crippen MR) is 141 cm³/mol. The molecule has 1 N–H and O–H groups in total. The van der Waals surface area contributed by atoms with Crippen molar-refractivity contribution in [3.05, 3.63) is 70.6 Å². The minimum absolute atomic E-state index is 0.142. The predicted octanol–water partition coefficient (Wildman–Crippen LogP) is 2.67. The zero-order valence-electron chi connectivity index (χ0n) is 22.0. The Morgan fingerprint density at radius 1 is 1.29 bits per heavy atom. The summed E-state index contributed by atoms with van der Waals surface area (Å²) in [6, 6.07) is 3.57. The molecule has 1 aromatic carbocycles. The van der Waals surface area contributed by atoms with Crippen molar-refractivity contribution in [3.8, 4) is 0 Å². The Kier molecular flexibility index (Phi) is 7.53. The third kappa shape index (κ3) is 5.06. The van der Waals surface area contributed by atoms with Crippen molar-refractivity contribution < 1.29 is 19.4 Å². The molecule has 0 radical (unpaired) electrons. The number of aromatic nitrogens is 4. The first-order valence-corrected chi connectivity index (χ1v) is 13.2. The Morgan fingerprint density at radius 2 is 2.08 bits per heavy atom. The van der Waals surface area contributed by atoms with E-state index in [4.69, 9.17) is 4.74 Å². The number of hydrogen-bond donors (Lipinski definition) is 1. The second kappa shape index (κ2) is 11.0.